The van der Waals surface area contributed by atoms with Crippen molar-refractivity contribution in [3.05, 3.63) is 71.9 Å². The molecule has 1 N–H and O–H groups in total. The van der Waals surface area contributed by atoms with Crippen molar-refractivity contribution in [3.8, 4) is 5.82 Å². The molecule has 162 valence electrons. The first-order valence-electron chi connectivity index (χ1n) is 10.2. The summed E-state index contributed by atoms with van der Waals surface area (Å²) in [5.74, 6) is -2.53. The van der Waals surface area contributed by atoms with Crippen molar-refractivity contribution in [2.45, 2.75) is 38.7 Å². The van der Waals surface area contributed by atoms with Crippen LogP contribution in [0.25, 0.3) is 5.82 Å². The fraction of sp³-hybridized carbons (Fsp3) is 0.348. The number of anilines is 1. The molecule has 1 aliphatic carbocycles. The van der Waals surface area contributed by atoms with Crippen molar-refractivity contribution in [1.82, 2.24) is 14.5 Å². The van der Waals surface area contributed by atoms with E-state index in [1.54, 1.807) is 43.7 Å². The van der Waals surface area contributed by atoms with Crippen LogP contribution in [0.1, 0.15) is 47.4 Å². The smallest absolute Gasteiger partial charge is 0.338 e. The van der Waals surface area contributed by atoms with Crippen LogP contribution < -0.4 is 5.32 Å². The largest absolute Gasteiger partial charge is 0.462 e. The van der Waals surface area contributed by atoms with Crippen LogP contribution in [-0.2, 0) is 4.74 Å². The molecule has 1 aliphatic rings. The summed E-state index contributed by atoms with van der Waals surface area (Å²) in [6, 6.07) is 10.3. The highest BCUT2D eigenvalue weighted by Gasteiger charge is 2.48. The Balaban J connectivity index is 1.54. The highest BCUT2D eigenvalue weighted by atomic mass is 19.3. The summed E-state index contributed by atoms with van der Waals surface area (Å²) in [4.78, 5) is 20.5. The second-order valence-electron chi connectivity index (χ2n) is 7.82. The molecule has 1 unspecified atom stereocenters. The van der Waals surface area contributed by atoms with Crippen molar-refractivity contribution in [3.63, 3.8) is 0 Å². The van der Waals surface area contributed by atoms with Gasteiger partial charge in [-0.1, -0.05) is 12.1 Å². The molecular formula is C23H24F2N4O2. The lowest BCUT2D eigenvalue weighted by Gasteiger charge is -2.41. The monoisotopic (exact) mass is 426 g/mol. The Labute approximate surface area is 179 Å². The van der Waals surface area contributed by atoms with Crippen molar-refractivity contribution < 1.29 is 18.3 Å². The van der Waals surface area contributed by atoms with E-state index in [1.807, 2.05) is 29.8 Å². The van der Waals surface area contributed by atoms with Gasteiger partial charge in [0.1, 0.15) is 12.1 Å². The number of pyridine rings is 1. The zero-order valence-corrected chi connectivity index (χ0v) is 17.4. The number of aromatic nitrogens is 3. The number of imidazole rings is 1. The minimum Gasteiger partial charge on any atom is -0.462 e. The van der Waals surface area contributed by atoms with E-state index >= 15 is 0 Å². The molecule has 1 saturated carbocycles. The van der Waals surface area contributed by atoms with Gasteiger partial charge in [0.2, 0.25) is 5.92 Å². The number of halogens is 2. The summed E-state index contributed by atoms with van der Waals surface area (Å²) in [5, 5.41) is 3.36. The van der Waals surface area contributed by atoms with Gasteiger partial charge in [0, 0.05) is 19.0 Å². The lowest BCUT2D eigenvalue weighted by molar-refractivity contribution is -0.115. The number of benzene rings is 1. The summed E-state index contributed by atoms with van der Waals surface area (Å²) in [7, 11) is 0. The fourth-order valence-corrected chi connectivity index (χ4v) is 3.81. The van der Waals surface area contributed by atoms with Crippen LogP contribution >= 0.6 is 0 Å². The normalized spacial score (nSPS) is 16.4. The van der Waals surface area contributed by atoms with Crippen molar-refractivity contribution in [1.29, 1.82) is 0 Å². The number of carbonyl (C=O) groups excluding carboxylic acids is 1. The fourth-order valence-electron chi connectivity index (χ4n) is 3.81. The van der Waals surface area contributed by atoms with Crippen molar-refractivity contribution in [2.24, 2.45) is 5.92 Å². The van der Waals surface area contributed by atoms with Crippen molar-refractivity contribution >= 4 is 11.7 Å². The molecule has 4 rings (SSSR count). The Morgan fingerprint density at radius 3 is 2.52 bits per heavy atom. The number of nitrogens with zero attached hydrogens (tertiary/aromatic N) is 3. The first-order valence-corrected chi connectivity index (χ1v) is 10.2. The standard InChI is InChI=1S/C23H24F2N4O2/c1-3-31-22(30)17-6-4-16(5-7-17)21(18-10-23(24,25)11-18)28-19-8-9-20(26-12-19)29-13-15(2)27-14-29/h4-9,12-14,18,21,28H,3,10-11H2,1-2H3. The van der Waals surface area contributed by atoms with E-state index in [4.69, 9.17) is 4.74 Å². The molecule has 1 atom stereocenters. The van der Waals surface area contributed by atoms with Gasteiger partial charge >= 0.3 is 5.97 Å². The molecule has 0 bridgehead atoms. The molecule has 31 heavy (non-hydrogen) atoms. The van der Waals surface area contributed by atoms with Gasteiger partial charge in [0.05, 0.1) is 35.8 Å². The van der Waals surface area contributed by atoms with Gasteiger partial charge in [-0.05, 0) is 49.6 Å². The summed E-state index contributed by atoms with van der Waals surface area (Å²) >= 11 is 0. The molecule has 2 aromatic heterocycles. The van der Waals surface area contributed by atoms with E-state index in [-0.39, 0.29) is 24.8 Å². The minimum atomic E-state index is -2.63. The molecule has 1 fully saturated rings. The Hall–Kier alpha value is -3.29. The average molecular weight is 426 g/mol. The third-order valence-electron chi connectivity index (χ3n) is 5.42. The maximum Gasteiger partial charge on any atom is 0.338 e. The molecule has 6 nitrogen and oxygen atoms in total. The van der Waals surface area contributed by atoms with Gasteiger partial charge < -0.3 is 10.1 Å². The SMILES string of the molecule is CCOC(=O)c1ccc(C(Nc2ccc(-n3cnc(C)c3)nc2)C2CC(F)(F)C2)cc1. The molecule has 0 radical (unpaired) electrons. The van der Waals surface area contributed by atoms with Gasteiger partial charge in [-0.2, -0.15) is 0 Å². The second kappa shape index (κ2) is 8.45. The topological polar surface area (TPSA) is 69.0 Å². The third-order valence-corrected chi connectivity index (χ3v) is 5.42. The van der Waals surface area contributed by atoms with Crippen LogP contribution in [0.2, 0.25) is 0 Å². The number of alkyl halides is 2. The molecule has 1 aromatic carbocycles. The molecule has 0 aliphatic heterocycles. The molecule has 3 aromatic rings. The average Bonchev–Trinajstić information content (AvgIpc) is 3.17. The van der Waals surface area contributed by atoms with Gasteiger partial charge in [0.15, 0.2) is 0 Å². The molecule has 0 saturated heterocycles. The molecule has 0 amide bonds. The predicted molar refractivity (Wildman–Crippen MR) is 113 cm³/mol. The Morgan fingerprint density at radius 2 is 1.97 bits per heavy atom. The van der Waals surface area contributed by atoms with E-state index in [9.17, 15) is 13.6 Å². The number of hydrogen-bond acceptors (Lipinski definition) is 5. The van der Waals surface area contributed by atoms with Crippen LogP contribution in [0, 0.1) is 12.8 Å². The number of ether oxygens (including phenoxy) is 1. The Kier molecular flexibility index (Phi) is 5.71. The first-order chi connectivity index (χ1) is 14.8. The van der Waals surface area contributed by atoms with E-state index in [0.29, 0.717) is 12.2 Å². The molecule has 0 spiro atoms. The molecular weight excluding hydrogens is 402 g/mol. The summed E-state index contributed by atoms with van der Waals surface area (Å²) in [5.41, 5.74) is 2.89. The summed E-state index contributed by atoms with van der Waals surface area (Å²) < 4.78 is 34.0. The van der Waals surface area contributed by atoms with Gasteiger partial charge in [-0.25, -0.2) is 23.5 Å². The summed E-state index contributed by atoms with van der Waals surface area (Å²) in [6.45, 7) is 3.94. The van der Waals surface area contributed by atoms with E-state index < -0.39 is 11.9 Å². The lowest BCUT2D eigenvalue weighted by atomic mass is 9.74. The minimum absolute atomic E-state index is 0.176. The van der Waals surface area contributed by atoms with Crippen molar-refractivity contribution in [2.75, 3.05) is 11.9 Å². The maximum atomic E-state index is 13.6. The van der Waals surface area contributed by atoms with Gasteiger partial charge in [-0.15, -0.1) is 0 Å². The Morgan fingerprint density at radius 1 is 1.23 bits per heavy atom. The van der Waals surface area contributed by atoms with E-state index in [1.165, 1.54) is 0 Å². The highest BCUT2D eigenvalue weighted by molar-refractivity contribution is 5.89. The number of aryl methyl sites for hydroxylation is 1. The van der Waals surface area contributed by atoms with Crippen LogP contribution in [-0.4, -0.2) is 33.0 Å². The highest BCUT2D eigenvalue weighted by Crippen LogP contribution is 2.49. The quantitative estimate of drug-likeness (QED) is 0.542. The number of carbonyl (C=O) groups is 1. The lowest BCUT2D eigenvalue weighted by Crippen LogP contribution is -2.41. The van der Waals surface area contributed by atoms with Gasteiger partial charge in [-0.3, -0.25) is 4.57 Å². The third kappa shape index (κ3) is 4.73. The predicted octanol–water partition coefficient (Wildman–Crippen LogP) is 4.95. The first kappa shape index (κ1) is 21.0. The van der Waals surface area contributed by atoms with E-state index in [0.717, 1.165) is 22.8 Å². The van der Waals surface area contributed by atoms with Crippen LogP contribution in [0.5, 0.6) is 0 Å². The van der Waals surface area contributed by atoms with Crippen LogP contribution in [0.4, 0.5) is 14.5 Å². The number of nitrogens with one attached hydrogen (secondary N) is 1. The van der Waals surface area contributed by atoms with Gasteiger partial charge in [0.25, 0.3) is 0 Å². The van der Waals surface area contributed by atoms with Crippen LogP contribution in [0.3, 0.4) is 0 Å². The van der Waals surface area contributed by atoms with E-state index in [2.05, 4.69) is 15.3 Å². The zero-order chi connectivity index (χ0) is 22.0. The molecule has 2 heterocycles. The van der Waals surface area contributed by atoms with Crippen LogP contribution in [0.15, 0.2) is 55.1 Å². The number of rotatable bonds is 7. The maximum absolute atomic E-state index is 13.6. The molecule has 8 heteroatoms. The zero-order valence-electron chi connectivity index (χ0n) is 17.4. The second-order valence-corrected chi connectivity index (χ2v) is 7.82. The number of hydrogen-bond donors (Lipinski definition) is 1. The Bertz CT molecular complexity index is 1040. The number of esters is 1. The summed E-state index contributed by atoms with van der Waals surface area (Å²) in [6.07, 6.45) is 4.89.